The minimum Gasteiger partial charge on any atom is -0.454 e. The Balaban J connectivity index is 1.35. The van der Waals surface area contributed by atoms with Crippen LogP contribution in [0.25, 0.3) is 10.8 Å². The molecular formula is C22H24N2O4S. The zero-order valence-corrected chi connectivity index (χ0v) is 17.3. The molecule has 2 fully saturated rings. The average Bonchev–Trinajstić information content (AvgIpc) is 3.21. The number of benzene rings is 2. The Bertz CT molecular complexity index is 973. The summed E-state index contributed by atoms with van der Waals surface area (Å²) < 4.78 is 5.26. The van der Waals surface area contributed by atoms with Crippen LogP contribution in [-0.2, 0) is 19.1 Å². The normalized spacial score (nSPS) is 24.4. The number of nitrogens with one attached hydrogen (secondary N) is 1. The Morgan fingerprint density at radius 2 is 2.03 bits per heavy atom. The number of thioether (sulfide) groups is 1. The summed E-state index contributed by atoms with van der Waals surface area (Å²) in [5.41, 5.74) is 1.01. The van der Waals surface area contributed by atoms with E-state index in [9.17, 15) is 14.4 Å². The van der Waals surface area contributed by atoms with Gasteiger partial charge in [0.2, 0.25) is 5.91 Å². The minimum atomic E-state index is -0.608. The summed E-state index contributed by atoms with van der Waals surface area (Å²) in [5.74, 6) is -0.382. The van der Waals surface area contributed by atoms with Gasteiger partial charge >= 0.3 is 5.97 Å². The van der Waals surface area contributed by atoms with Crippen LogP contribution in [0.5, 0.6) is 0 Å². The van der Waals surface area contributed by atoms with Gasteiger partial charge in [0.15, 0.2) is 6.61 Å². The minimum absolute atomic E-state index is 0.0199. The lowest BCUT2D eigenvalue weighted by molar-refractivity contribution is -0.156. The zero-order valence-electron chi connectivity index (χ0n) is 16.5. The van der Waals surface area contributed by atoms with Crippen LogP contribution in [0.1, 0.15) is 38.3 Å². The topological polar surface area (TPSA) is 75.7 Å². The molecule has 4 rings (SSSR count). The molecule has 1 N–H and O–H groups in total. The quantitative estimate of drug-likeness (QED) is 0.764. The number of amides is 2. The lowest BCUT2D eigenvalue weighted by Crippen LogP contribution is -2.47. The van der Waals surface area contributed by atoms with Crippen LogP contribution in [-0.4, -0.2) is 46.0 Å². The van der Waals surface area contributed by atoms with Crippen molar-refractivity contribution in [1.82, 2.24) is 10.2 Å². The summed E-state index contributed by atoms with van der Waals surface area (Å²) in [4.78, 5) is 38.3. The monoisotopic (exact) mass is 412 g/mol. The maximum Gasteiger partial charge on any atom is 0.330 e. The highest BCUT2D eigenvalue weighted by molar-refractivity contribution is 8.01. The fraction of sp³-hybridized carbons (Fsp3) is 0.409. The molecule has 2 amide bonds. The Kier molecular flexibility index (Phi) is 5.25. The van der Waals surface area contributed by atoms with Crippen molar-refractivity contribution in [3.05, 3.63) is 48.0 Å². The standard InChI is InChI=1S/C22H24N2O4S/c1-14(16-9-5-7-15-6-3-4-8-17(15)16)23-19(25)12-28-21(27)18-13-29-22(2)11-10-20(26)24(18)22/h3-9,14,18H,10-13H2,1-2H3,(H,23,25)/t14-,18-,22+/m1/s1. The summed E-state index contributed by atoms with van der Waals surface area (Å²) in [6, 6.07) is 13.1. The lowest BCUT2D eigenvalue weighted by atomic mass is 10.00. The van der Waals surface area contributed by atoms with Gasteiger partial charge in [-0.1, -0.05) is 42.5 Å². The lowest BCUT2D eigenvalue weighted by Gasteiger charge is -2.29. The fourth-order valence-corrected chi connectivity index (χ4v) is 5.63. The SMILES string of the molecule is C[C@@H](NC(=O)COC(=O)[C@H]1CS[C@@]2(C)CCC(=O)N12)c1cccc2ccccc12. The van der Waals surface area contributed by atoms with Crippen molar-refractivity contribution in [2.75, 3.05) is 12.4 Å². The van der Waals surface area contributed by atoms with Crippen molar-refractivity contribution in [2.24, 2.45) is 0 Å². The molecule has 2 aliphatic heterocycles. The number of carbonyl (C=O) groups excluding carboxylic acids is 3. The van der Waals surface area contributed by atoms with Crippen LogP contribution in [0, 0.1) is 0 Å². The Hall–Kier alpha value is -2.54. The van der Waals surface area contributed by atoms with Crippen molar-refractivity contribution >= 4 is 40.3 Å². The number of hydrogen-bond donors (Lipinski definition) is 1. The molecule has 2 aromatic carbocycles. The second kappa shape index (κ2) is 7.71. The molecule has 0 radical (unpaired) electrons. The van der Waals surface area contributed by atoms with E-state index in [0.717, 1.165) is 22.8 Å². The van der Waals surface area contributed by atoms with E-state index in [2.05, 4.69) is 5.32 Å². The van der Waals surface area contributed by atoms with Gasteiger partial charge in [-0.25, -0.2) is 4.79 Å². The van der Waals surface area contributed by atoms with Crippen LogP contribution < -0.4 is 5.32 Å². The van der Waals surface area contributed by atoms with E-state index in [1.165, 1.54) is 0 Å². The van der Waals surface area contributed by atoms with E-state index in [0.29, 0.717) is 12.2 Å². The van der Waals surface area contributed by atoms with Crippen molar-refractivity contribution in [2.45, 2.75) is 43.6 Å². The second-order valence-electron chi connectivity index (χ2n) is 7.73. The highest BCUT2D eigenvalue weighted by Gasteiger charge is 2.53. The smallest absolute Gasteiger partial charge is 0.330 e. The first-order chi connectivity index (χ1) is 13.9. The van der Waals surface area contributed by atoms with Gasteiger partial charge < -0.3 is 15.0 Å². The molecule has 0 saturated carbocycles. The maximum absolute atomic E-state index is 12.5. The second-order valence-corrected chi connectivity index (χ2v) is 9.23. The molecule has 2 heterocycles. The van der Waals surface area contributed by atoms with Crippen molar-refractivity contribution in [3.63, 3.8) is 0 Å². The first-order valence-electron chi connectivity index (χ1n) is 9.79. The van der Waals surface area contributed by atoms with Crippen LogP contribution >= 0.6 is 11.8 Å². The molecule has 7 heteroatoms. The molecule has 2 saturated heterocycles. The molecule has 0 unspecified atom stereocenters. The van der Waals surface area contributed by atoms with E-state index in [1.54, 1.807) is 16.7 Å². The van der Waals surface area contributed by atoms with E-state index in [1.807, 2.05) is 56.3 Å². The van der Waals surface area contributed by atoms with Crippen LogP contribution in [0.4, 0.5) is 0 Å². The van der Waals surface area contributed by atoms with Gasteiger partial charge in [-0.05, 0) is 36.6 Å². The van der Waals surface area contributed by atoms with Gasteiger partial charge in [-0.3, -0.25) is 9.59 Å². The van der Waals surface area contributed by atoms with Crippen molar-refractivity contribution in [1.29, 1.82) is 0 Å². The van der Waals surface area contributed by atoms with Crippen LogP contribution in [0.15, 0.2) is 42.5 Å². The number of fused-ring (bicyclic) bond motifs is 2. The van der Waals surface area contributed by atoms with Crippen LogP contribution in [0.3, 0.4) is 0 Å². The third-order valence-corrected chi connectivity index (χ3v) is 7.23. The third kappa shape index (κ3) is 3.71. The summed E-state index contributed by atoms with van der Waals surface area (Å²) in [5, 5.41) is 5.08. The predicted molar refractivity (Wildman–Crippen MR) is 112 cm³/mol. The predicted octanol–water partition coefficient (Wildman–Crippen LogP) is 3.01. The van der Waals surface area contributed by atoms with Gasteiger partial charge in [0.05, 0.1) is 10.9 Å². The molecule has 6 nitrogen and oxygen atoms in total. The summed E-state index contributed by atoms with van der Waals surface area (Å²) in [7, 11) is 0. The Labute approximate surface area is 174 Å². The summed E-state index contributed by atoms with van der Waals surface area (Å²) in [6.07, 6.45) is 1.19. The number of ether oxygens (including phenoxy) is 1. The van der Waals surface area contributed by atoms with Crippen molar-refractivity contribution < 1.29 is 19.1 Å². The van der Waals surface area contributed by atoms with Gasteiger partial charge in [0.25, 0.3) is 5.91 Å². The number of rotatable bonds is 5. The number of carbonyl (C=O) groups is 3. The van der Waals surface area contributed by atoms with Crippen molar-refractivity contribution in [3.8, 4) is 0 Å². The highest BCUT2D eigenvalue weighted by atomic mass is 32.2. The van der Waals surface area contributed by atoms with Gasteiger partial charge in [0.1, 0.15) is 6.04 Å². The third-order valence-electron chi connectivity index (χ3n) is 5.73. The van der Waals surface area contributed by atoms with Gasteiger partial charge in [-0.2, -0.15) is 0 Å². The van der Waals surface area contributed by atoms with E-state index in [-0.39, 0.29) is 29.3 Å². The first kappa shape index (κ1) is 19.8. The molecule has 2 aromatic rings. The molecule has 0 bridgehead atoms. The summed E-state index contributed by atoms with van der Waals surface area (Å²) >= 11 is 1.60. The van der Waals surface area contributed by atoms with E-state index < -0.39 is 12.0 Å². The van der Waals surface area contributed by atoms with Gasteiger partial charge in [0, 0.05) is 12.2 Å². The van der Waals surface area contributed by atoms with Crippen LogP contribution in [0.2, 0.25) is 0 Å². The molecule has 29 heavy (non-hydrogen) atoms. The molecule has 2 aliphatic rings. The average molecular weight is 413 g/mol. The molecule has 0 aromatic heterocycles. The molecule has 0 aliphatic carbocycles. The van der Waals surface area contributed by atoms with E-state index in [4.69, 9.17) is 4.74 Å². The highest BCUT2D eigenvalue weighted by Crippen LogP contribution is 2.47. The zero-order chi connectivity index (χ0) is 20.6. The fourth-order valence-electron chi connectivity index (χ4n) is 4.22. The number of hydrogen-bond acceptors (Lipinski definition) is 5. The largest absolute Gasteiger partial charge is 0.454 e. The number of esters is 1. The molecule has 0 spiro atoms. The molecular weight excluding hydrogens is 388 g/mol. The van der Waals surface area contributed by atoms with Gasteiger partial charge in [-0.15, -0.1) is 11.8 Å². The molecule has 152 valence electrons. The Morgan fingerprint density at radius 1 is 1.28 bits per heavy atom. The maximum atomic E-state index is 12.5. The van der Waals surface area contributed by atoms with E-state index >= 15 is 0 Å². The molecule has 3 atom stereocenters. The number of nitrogens with zero attached hydrogens (tertiary/aromatic N) is 1. The Morgan fingerprint density at radius 3 is 2.86 bits per heavy atom. The first-order valence-corrected chi connectivity index (χ1v) is 10.8. The summed E-state index contributed by atoms with van der Waals surface area (Å²) in [6.45, 7) is 3.53.